The molecule has 126 valence electrons. The molecule has 0 aliphatic carbocycles. The zero-order valence-electron chi connectivity index (χ0n) is 14.4. The van der Waals surface area contributed by atoms with Crippen molar-refractivity contribution < 1.29 is 14.3 Å². The second-order valence-electron chi connectivity index (χ2n) is 5.84. The second-order valence-corrected chi connectivity index (χ2v) is 5.84. The van der Waals surface area contributed by atoms with Gasteiger partial charge in [-0.2, -0.15) is 0 Å². The van der Waals surface area contributed by atoms with Crippen molar-refractivity contribution in [2.24, 2.45) is 0 Å². The minimum absolute atomic E-state index is 0.00332. The average molecular weight is 324 g/mol. The van der Waals surface area contributed by atoms with E-state index in [0.717, 1.165) is 29.7 Å². The molecule has 0 radical (unpaired) electrons. The number of hydrogen-bond acceptors (Lipinski definition) is 3. The summed E-state index contributed by atoms with van der Waals surface area (Å²) in [5, 5.41) is 0. The smallest absolute Gasteiger partial charge is 0.170 e. The molecule has 0 heterocycles. The van der Waals surface area contributed by atoms with Crippen LogP contribution in [-0.2, 0) is 4.79 Å². The summed E-state index contributed by atoms with van der Waals surface area (Å²) in [5.74, 6) is 0.763. The van der Waals surface area contributed by atoms with Crippen LogP contribution in [0, 0.1) is 0 Å². The highest BCUT2D eigenvalue weighted by Crippen LogP contribution is 2.23. The molecule has 3 nitrogen and oxygen atoms in total. The van der Waals surface area contributed by atoms with Crippen molar-refractivity contribution in [3.63, 3.8) is 0 Å². The van der Waals surface area contributed by atoms with E-state index in [2.05, 4.69) is 6.92 Å². The summed E-state index contributed by atoms with van der Waals surface area (Å²) in [6, 6.07) is 15.3. The molecule has 3 heteroatoms. The maximum atomic E-state index is 12.1. The van der Waals surface area contributed by atoms with Gasteiger partial charge >= 0.3 is 0 Å². The van der Waals surface area contributed by atoms with Crippen molar-refractivity contribution in [1.29, 1.82) is 0 Å². The highest BCUT2D eigenvalue weighted by molar-refractivity contribution is 6.08. The first kappa shape index (κ1) is 17.9. The maximum Gasteiger partial charge on any atom is 0.170 e. The number of Topliss-reactive ketones (excluding diaryl/α,β-unsaturated/α-hetero) is 2. The van der Waals surface area contributed by atoms with E-state index in [9.17, 15) is 9.59 Å². The number of ether oxygens (including phenoxy) is 1. The normalized spacial score (nSPS) is 10.4. The Kier molecular flexibility index (Phi) is 6.74. The minimum Gasteiger partial charge on any atom is -0.494 e. The van der Waals surface area contributed by atoms with Crippen LogP contribution >= 0.6 is 0 Å². The Hall–Kier alpha value is -2.42. The Labute approximate surface area is 143 Å². The fourth-order valence-corrected chi connectivity index (χ4v) is 2.46. The summed E-state index contributed by atoms with van der Waals surface area (Å²) in [5.41, 5.74) is 2.69. The van der Waals surface area contributed by atoms with E-state index in [1.54, 1.807) is 12.1 Å². The molecule has 2 aromatic carbocycles. The molecule has 0 fully saturated rings. The van der Waals surface area contributed by atoms with Gasteiger partial charge in [0, 0.05) is 12.0 Å². The van der Waals surface area contributed by atoms with Crippen LogP contribution in [0.2, 0.25) is 0 Å². The summed E-state index contributed by atoms with van der Waals surface area (Å²) in [4.78, 5) is 23.7. The number of rotatable bonds is 9. The van der Waals surface area contributed by atoms with E-state index < -0.39 is 0 Å². The molecule has 0 aromatic heterocycles. The first-order valence-electron chi connectivity index (χ1n) is 8.52. The predicted octanol–water partition coefficient (Wildman–Crippen LogP) is 5.08. The number of carbonyl (C=O) groups excluding carboxylic acids is 2. The van der Waals surface area contributed by atoms with Crippen molar-refractivity contribution in [1.82, 2.24) is 0 Å². The minimum atomic E-state index is -0.108. The van der Waals surface area contributed by atoms with Gasteiger partial charge in [-0.3, -0.25) is 9.59 Å². The average Bonchev–Trinajstić information content (AvgIpc) is 2.60. The van der Waals surface area contributed by atoms with Gasteiger partial charge < -0.3 is 4.74 Å². The largest absolute Gasteiger partial charge is 0.494 e. The first-order valence-corrected chi connectivity index (χ1v) is 8.52. The van der Waals surface area contributed by atoms with Gasteiger partial charge in [0.2, 0.25) is 0 Å². The predicted molar refractivity (Wildman–Crippen MR) is 96.5 cm³/mol. The molecule has 2 rings (SSSR count). The molecule has 0 bridgehead atoms. The van der Waals surface area contributed by atoms with E-state index in [4.69, 9.17) is 4.74 Å². The summed E-state index contributed by atoms with van der Waals surface area (Å²) >= 11 is 0. The van der Waals surface area contributed by atoms with E-state index >= 15 is 0 Å². The van der Waals surface area contributed by atoms with E-state index in [1.807, 2.05) is 43.3 Å². The van der Waals surface area contributed by atoms with Gasteiger partial charge in [-0.1, -0.05) is 50.2 Å². The van der Waals surface area contributed by atoms with Gasteiger partial charge in [-0.15, -0.1) is 0 Å². The van der Waals surface area contributed by atoms with Gasteiger partial charge in [-0.05, 0) is 36.1 Å². The Morgan fingerprint density at radius 1 is 0.833 bits per heavy atom. The van der Waals surface area contributed by atoms with Gasteiger partial charge in [0.25, 0.3) is 0 Å². The first-order chi connectivity index (χ1) is 11.6. The lowest BCUT2D eigenvalue weighted by atomic mass is 10.00. The van der Waals surface area contributed by atoms with Crippen LogP contribution in [0.25, 0.3) is 11.1 Å². The van der Waals surface area contributed by atoms with E-state index in [-0.39, 0.29) is 18.0 Å². The van der Waals surface area contributed by atoms with Gasteiger partial charge in [0.1, 0.15) is 11.5 Å². The topological polar surface area (TPSA) is 43.4 Å². The Morgan fingerprint density at radius 3 is 1.96 bits per heavy atom. The molecular formula is C21H24O3. The van der Waals surface area contributed by atoms with Crippen LogP contribution in [0.4, 0.5) is 0 Å². The third-order valence-corrected chi connectivity index (χ3v) is 3.75. The van der Waals surface area contributed by atoms with Crippen LogP contribution in [0.3, 0.4) is 0 Å². The van der Waals surface area contributed by atoms with E-state index in [0.29, 0.717) is 18.6 Å². The molecule has 0 unspecified atom stereocenters. The quantitative estimate of drug-likeness (QED) is 0.477. The fourth-order valence-electron chi connectivity index (χ4n) is 2.46. The SMILES string of the molecule is CCCOc1ccc(-c2ccc(C(=O)CC(=O)CCC)cc2)cc1. The maximum absolute atomic E-state index is 12.1. The second kappa shape index (κ2) is 9.02. The highest BCUT2D eigenvalue weighted by Gasteiger charge is 2.11. The monoisotopic (exact) mass is 324 g/mol. The van der Waals surface area contributed by atoms with Crippen molar-refractivity contribution >= 4 is 11.6 Å². The van der Waals surface area contributed by atoms with Gasteiger partial charge in [0.15, 0.2) is 5.78 Å². The van der Waals surface area contributed by atoms with Gasteiger partial charge in [0.05, 0.1) is 13.0 Å². The molecule has 0 saturated carbocycles. The zero-order valence-corrected chi connectivity index (χ0v) is 14.4. The summed E-state index contributed by atoms with van der Waals surface area (Å²) in [7, 11) is 0. The fraction of sp³-hybridized carbons (Fsp3) is 0.333. The molecule has 0 spiro atoms. The summed E-state index contributed by atoms with van der Waals surface area (Å²) < 4.78 is 5.58. The third kappa shape index (κ3) is 5.05. The number of benzene rings is 2. The molecule has 24 heavy (non-hydrogen) atoms. The Bertz CT molecular complexity index is 669. The van der Waals surface area contributed by atoms with Gasteiger partial charge in [-0.25, -0.2) is 0 Å². The van der Waals surface area contributed by atoms with Crippen molar-refractivity contribution in [2.75, 3.05) is 6.61 Å². The molecular weight excluding hydrogens is 300 g/mol. The Balaban J connectivity index is 2.03. The standard InChI is InChI=1S/C21H24O3/c1-3-5-19(22)15-21(23)18-8-6-16(7-9-18)17-10-12-20(13-11-17)24-14-4-2/h6-13H,3-5,14-15H2,1-2H3. The molecule has 0 aliphatic rings. The number of hydrogen-bond donors (Lipinski definition) is 0. The lowest BCUT2D eigenvalue weighted by Crippen LogP contribution is -2.07. The lowest BCUT2D eigenvalue weighted by molar-refractivity contribution is -0.118. The number of carbonyl (C=O) groups is 2. The summed E-state index contributed by atoms with van der Waals surface area (Å²) in [6.45, 7) is 4.73. The zero-order chi connectivity index (χ0) is 17.4. The number of ketones is 2. The molecule has 0 amide bonds. The molecule has 0 aliphatic heterocycles. The summed E-state index contributed by atoms with van der Waals surface area (Å²) in [6.07, 6.45) is 2.23. The van der Waals surface area contributed by atoms with Crippen LogP contribution in [0.15, 0.2) is 48.5 Å². The highest BCUT2D eigenvalue weighted by atomic mass is 16.5. The lowest BCUT2D eigenvalue weighted by Gasteiger charge is -2.07. The van der Waals surface area contributed by atoms with E-state index in [1.165, 1.54) is 0 Å². The third-order valence-electron chi connectivity index (χ3n) is 3.75. The van der Waals surface area contributed by atoms with Crippen LogP contribution in [0.5, 0.6) is 5.75 Å². The molecule has 0 saturated heterocycles. The molecule has 0 N–H and O–H groups in total. The van der Waals surface area contributed by atoms with Crippen LogP contribution in [0.1, 0.15) is 49.9 Å². The van der Waals surface area contributed by atoms with Crippen LogP contribution in [-0.4, -0.2) is 18.2 Å². The molecule has 2 aromatic rings. The van der Waals surface area contributed by atoms with Crippen molar-refractivity contribution in [3.8, 4) is 16.9 Å². The Morgan fingerprint density at radius 2 is 1.42 bits per heavy atom. The van der Waals surface area contributed by atoms with Crippen molar-refractivity contribution in [3.05, 3.63) is 54.1 Å². The molecule has 0 atom stereocenters. The van der Waals surface area contributed by atoms with Crippen LogP contribution < -0.4 is 4.74 Å². The van der Waals surface area contributed by atoms with Crippen molar-refractivity contribution in [2.45, 2.75) is 39.5 Å².